The molecule has 0 aliphatic carbocycles. The summed E-state index contributed by atoms with van der Waals surface area (Å²) in [6.07, 6.45) is 0.834. The van der Waals surface area contributed by atoms with Crippen LogP contribution < -0.4 is 15.0 Å². The van der Waals surface area contributed by atoms with E-state index in [1.165, 1.54) is 18.9 Å². The highest BCUT2D eigenvalue weighted by molar-refractivity contribution is 5.95. The molecule has 2 aromatic rings. The zero-order chi connectivity index (χ0) is 21.2. The first-order valence-corrected chi connectivity index (χ1v) is 9.30. The molecule has 0 aliphatic rings. The summed E-state index contributed by atoms with van der Waals surface area (Å²) < 4.78 is 9.90. The molecule has 7 heteroatoms. The number of anilines is 1. The maximum Gasteiger partial charge on any atom is 0.337 e. The van der Waals surface area contributed by atoms with E-state index in [9.17, 15) is 14.4 Å². The van der Waals surface area contributed by atoms with E-state index < -0.39 is 5.97 Å². The molecular weight excluding hydrogens is 372 g/mol. The lowest BCUT2D eigenvalue weighted by Gasteiger charge is -2.21. The predicted molar refractivity (Wildman–Crippen MR) is 110 cm³/mol. The first-order chi connectivity index (χ1) is 13.9. The van der Waals surface area contributed by atoms with Crippen molar-refractivity contribution in [2.75, 3.05) is 32.2 Å². The predicted octanol–water partition coefficient (Wildman–Crippen LogP) is 2.58. The second-order valence-corrected chi connectivity index (χ2v) is 6.41. The molecule has 0 saturated heterocycles. The van der Waals surface area contributed by atoms with Gasteiger partial charge in [0.2, 0.25) is 11.8 Å². The van der Waals surface area contributed by atoms with E-state index in [1.807, 2.05) is 24.3 Å². The first-order valence-electron chi connectivity index (χ1n) is 9.30. The summed E-state index contributed by atoms with van der Waals surface area (Å²) in [6.45, 7) is 2.13. The molecule has 0 aromatic heterocycles. The third-order valence-corrected chi connectivity index (χ3v) is 4.39. The summed E-state index contributed by atoms with van der Waals surface area (Å²) in [4.78, 5) is 37.4. The molecule has 2 amide bonds. The van der Waals surface area contributed by atoms with Crippen molar-refractivity contribution < 1.29 is 23.9 Å². The van der Waals surface area contributed by atoms with Crippen LogP contribution in [0.5, 0.6) is 5.75 Å². The third-order valence-electron chi connectivity index (χ3n) is 4.39. The number of nitrogens with zero attached hydrogens (tertiary/aromatic N) is 1. The van der Waals surface area contributed by atoms with Crippen LogP contribution in [0.2, 0.25) is 0 Å². The second kappa shape index (κ2) is 10.8. The van der Waals surface area contributed by atoms with Crippen molar-refractivity contribution in [1.29, 1.82) is 0 Å². The van der Waals surface area contributed by atoms with E-state index in [4.69, 9.17) is 9.47 Å². The Morgan fingerprint density at radius 3 is 2.48 bits per heavy atom. The molecule has 1 N–H and O–H groups in total. The van der Waals surface area contributed by atoms with Crippen molar-refractivity contribution in [1.82, 2.24) is 5.32 Å². The van der Waals surface area contributed by atoms with Crippen molar-refractivity contribution >= 4 is 23.5 Å². The van der Waals surface area contributed by atoms with Gasteiger partial charge in [0, 0.05) is 32.1 Å². The van der Waals surface area contributed by atoms with Gasteiger partial charge in [0.25, 0.3) is 0 Å². The van der Waals surface area contributed by atoms with Gasteiger partial charge in [-0.05, 0) is 42.3 Å². The molecule has 0 radical (unpaired) electrons. The number of hydrogen-bond acceptors (Lipinski definition) is 5. The van der Waals surface area contributed by atoms with E-state index in [-0.39, 0.29) is 24.8 Å². The Bertz CT molecular complexity index is 866. The van der Waals surface area contributed by atoms with Crippen molar-refractivity contribution in [2.24, 2.45) is 0 Å². The number of carbonyl (C=O) groups excluding carboxylic acids is 3. The summed E-state index contributed by atoms with van der Waals surface area (Å²) in [7, 11) is 2.91. The van der Waals surface area contributed by atoms with E-state index in [0.29, 0.717) is 24.2 Å². The summed E-state index contributed by atoms with van der Waals surface area (Å²) >= 11 is 0. The van der Waals surface area contributed by atoms with Gasteiger partial charge in [-0.1, -0.05) is 18.2 Å². The Balaban J connectivity index is 1.89. The van der Waals surface area contributed by atoms with Gasteiger partial charge < -0.3 is 19.7 Å². The van der Waals surface area contributed by atoms with Crippen LogP contribution in [0.3, 0.4) is 0 Å². The van der Waals surface area contributed by atoms with Gasteiger partial charge in [-0.15, -0.1) is 0 Å². The largest absolute Gasteiger partial charge is 0.497 e. The highest BCUT2D eigenvalue weighted by Crippen LogP contribution is 2.18. The summed E-state index contributed by atoms with van der Waals surface area (Å²) in [5.41, 5.74) is 1.96. The van der Waals surface area contributed by atoms with E-state index in [1.54, 1.807) is 31.4 Å². The van der Waals surface area contributed by atoms with Crippen molar-refractivity contribution in [3.8, 4) is 5.75 Å². The quantitative estimate of drug-likeness (QED) is 0.657. The van der Waals surface area contributed by atoms with E-state index in [0.717, 1.165) is 11.3 Å². The topological polar surface area (TPSA) is 84.9 Å². The fraction of sp³-hybridized carbons (Fsp3) is 0.318. The minimum atomic E-state index is -0.481. The van der Waals surface area contributed by atoms with Crippen LogP contribution in [0.15, 0.2) is 48.5 Å². The van der Waals surface area contributed by atoms with Crippen molar-refractivity contribution in [3.05, 3.63) is 59.7 Å². The number of benzene rings is 2. The Hall–Kier alpha value is -3.35. The van der Waals surface area contributed by atoms with Crippen LogP contribution >= 0.6 is 0 Å². The number of nitrogens with one attached hydrogen (secondary N) is 1. The van der Waals surface area contributed by atoms with E-state index >= 15 is 0 Å². The van der Waals surface area contributed by atoms with Gasteiger partial charge >= 0.3 is 5.97 Å². The number of rotatable bonds is 9. The molecule has 154 valence electrons. The Morgan fingerprint density at radius 2 is 1.79 bits per heavy atom. The third kappa shape index (κ3) is 6.64. The van der Waals surface area contributed by atoms with Crippen LogP contribution in [0.1, 0.15) is 29.3 Å². The van der Waals surface area contributed by atoms with Crippen LogP contribution in [-0.4, -0.2) is 45.1 Å². The molecule has 0 unspecified atom stereocenters. The Labute approximate surface area is 170 Å². The minimum Gasteiger partial charge on any atom is -0.497 e. The van der Waals surface area contributed by atoms with Crippen molar-refractivity contribution in [3.63, 3.8) is 0 Å². The highest BCUT2D eigenvalue weighted by Gasteiger charge is 2.15. The Morgan fingerprint density at radius 1 is 1.03 bits per heavy atom. The zero-order valence-electron chi connectivity index (χ0n) is 16.9. The zero-order valence-corrected chi connectivity index (χ0v) is 16.9. The standard InChI is InChI=1S/C22H26N2O5/c1-16(25)24(19-8-5-7-18(15-19)22(27)29-3)13-11-21(26)23-12-10-17-6-4-9-20(14-17)28-2/h4-9,14-15H,10-13H2,1-3H3,(H,23,26). The highest BCUT2D eigenvalue weighted by atomic mass is 16.5. The molecular formula is C22H26N2O5. The monoisotopic (exact) mass is 398 g/mol. The van der Waals surface area contributed by atoms with Gasteiger partial charge in [-0.25, -0.2) is 4.79 Å². The van der Waals surface area contributed by atoms with Gasteiger partial charge in [0.15, 0.2) is 0 Å². The number of amides is 2. The molecule has 0 aliphatic heterocycles. The van der Waals surface area contributed by atoms with Gasteiger partial charge in [-0.2, -0.15) is 0 Å². The summed E-state index contributed by atoms with van der Waals surface area (Å²) in [6, 6.07) is 14.3. The maximum absolute atomic E-state index is 12.2. The number of carbonyl (C=O) groups is 3. The van der Waals surface area contributed by atoms with Crippen LogP contribution in [0.4, 0.5) is 5.69 Å². The molecule has 7 nitrogen and oxygen atoms in total. The summed E-state index contributed by atoms with van der Waals surface area (Å²) in [5.74, 6) is -0.0646. The van der Waals surface area contributed by atoms with Crippen LogP contribution in [0.25, 0.3) is 0 Å². The van der Waals surface area contributed by atoms with E-state index in [2.05, 4.69) is 5.32 Å². The average Bonchev–Trinajstić information content (AvgIpc) is 2.73. The molecule has 0 atom stereocenters. The molecule has 29 heavy (non-hydrogen) atoms. The number of methoxy groups -OCH3 is 2. The summed E-state index contributed by atoms with van der Waals surface area (Å²) in [5, 5.41) is 2.86. The lowest BCUT2D eigenvalue weighted by atomic mass is 10.1. The first kappa shape index (κ1) is 21.9. The Kier molecular flexibility index (Phi) is 8.21. The lowest BCUT2D eigenvalue weighted by molar-refractivity contribution is -0.121. The fourth-order valence-electron chi connectivity index (χ4n) is 2.86. The molecule has 2 rings (SSSR count). The smallest absolute Gasteiger partial charge is 0.337 e. The van der Waals surface area contributed by atoms with Crippen LogP contribution in [-0.2, 0) is 20.7 Å². The molecule has 0 fully saturated rings. The van der Waals surface area contributed by atoms with Crippen LogP contribution in [0, 0.1) is 0 Å². The molecule has 0 bridgehead atoms. The molecule has 0 heterocycles. The second-order valence-electron chi connectivity index (χ2n) is 6.41. The lowest BCUT2D eigenvalue weighted by Crippen LogP contribution is -2.34. The fourth-order valence-corrected chi connectivity index (χ4v) is 2.86. The molecule has 0 saturated carbocycles. The maximum atomic E-state index is 12.2. The number of esters is 1. The van der Waals surface area contributed by atoms with Gasteiger partial charge in [0.05, 0.1) is 19.8 Å². The normalized spacial score (nSPS) is 10.2. The minimum absolute atomic E-state index is 0.150. The SMILES string of the molecule is COC(=O)c1cccc(N(CCC(=O)NCCc2cccc(OC)c2)C(C)=O)c1. The average molecular weight is 398 g/mol. The number of ether oxygens (including phenoxy) is 2. The number of hydrogen-bond donors (Lipinski definition) is 1. The van der Waals surface area contributed by atoms with Gasteiger partial charge in [0.1, 0.15) is 5.75 Å². The van der Waals surface area contributed by atoms with Crippen molar-refractivity contribution in [2.45, 2.75) is 19.8 Å². The van der Waals surface area contributed by atoms with Gasteiger partial charge in [-0.3, -0.25) is 9.59 Å². The molecule has 2 aromatic carbocycles. The molecule has 0 spiro atoms.